The molecular weight excluding hydrogens is 306 g/mol. The highest BCUT2D eigenvalue weighted by Crippen LogP contribution is 2.31. The first-order valence-corrected chi connectivity index (χ1v) is 8.44. The van der Waals surface area contributed by atoms with E-state index in [1.165, 1.54) is 0 Å². The van der Waals surface area contributed by atoms with Gasteiger partial charge < -0.3 is 15.8 Å². The van der Waals surface area contributed by atoms with E-state index in [1.54, 1.807) is 11.3 Å². The second-order valence-corrected chi connectivity index (χ2v) is 5.99. The van der Waals surface area contributed by atoms with Crippen molar-refractivity contribution in [1.82, 2.24) is 4.98 Å². The Morgan fingerprint density at radius 2 is 2.04 bits per heavy atom. The number of nitrogen functional groups attached to an aromatic ring is 1. The van der Waals surface area contributed by atoms with Gasteiger partial charge in [-0.05, 0) is 30.7 Å². The zero-order valence-electron chi connectivity index (χ0n) is 13.0. The van der Waals surface area contributed by atoms with Crippen molar-refractivity contribution in [3.63, 3.8) is 0 Å². The van der Waals surface area contributed by atoms with Crippen LogP contribution in [0.1, 0.15) is 13.3 Å². The van der Waals surface area contributed by atoms with E-state index in [0.29, 0.717) is 6.61 Å². The zero-order valence-corrected chi connectivity index (χ0v) is 13.8. The lowest BCUT2D eigenvalue weighted by Crippen LogP contribution is -1.99. The first kappa shape index (κ1) is 15.4. The minimum absolute atomic E-state index is 0.700. The lowest BCUT2D eigenvalue weighted by Gasteiger charge is -2.10. The maximum Gasteiger partial charge on any atom is 0.187 e. The molecule has 4 nitrogen and oxygen atoms in total. The average Bonchev–Trinajstić information content (AvgIpc) is 3.03. The molecular formula is C18H19N3OS. The van der Waals surface area contributed by atoms with E-state index in [-0.39, 0.29) is 0 Å². The molecule has 0 unspecified atom stereocenters. The molecule has 3 aromatic rings. The summed E-state index contributed by atoms with van der Waals surface area (Å²) in [6, 6.07) is 15.6. The van der Waals surface area contributed by atoms with Gasteiger partial charge in [0.25, 0.3) is 0 Å². The van der Waals surface area contributed by atoms with Gasteiger partial charge in [0.05, 0.1) is 18.0 Å². The largest absolute Gasteiger partial charge is 0.491 e. The van der Waals surface area contributed by atoms with Crippen LogP contribution in [0.4, 0.5) is 16.5 Å². The lowest BCUT2D eigenvalue weighted by atomic mass is 10.1. The summed E-state index contributed by atoms with van der Waals surface area (Å²) in [6.45, 7) is 2.79. The van der Waals surface area contributed by atoms with Crippen molar-refractivity contribution < 1.29 is 4.74 Å². The maximum atomic E-state index is 5.84. The Labute approximate surface area is 140 Å². The molecule has 0 spiro atoms. The highest BCUT2D eigenvalue weighted by molar-refractivity contribution is 7.14. The van der Waals surface area contributed by atoms with Gasteiger partial charge in [0.1, 0.15) is 5.75 Å². The van der Waals surface area contributed by atoms with Crippen molar-refractivity contribution >= 4 is 27.8 Å². The summed E-state index contributed by atoms with van der Waals surface area (Å²) in [4.78, 5) is 4.63. The van der Waals surface area contributed by atoms with Crippen molar-refractivity contribution in [1.29, 1.82) is 0 Å². The van der Waals surface area contributed by atoms with Crippen molar-refractivity contribution in [2.24, 2.45) is 0 Å². The fourth-order valence-electron chi connectivity index (χ4n) is 2.18. The number of nitrogens with zero attached hydrogens (tertiary/aromatic N) is 1. The molecule has 0 saturated carbocycles. The summed E-state index contributed by atoms with van der Waals surface area (Å²) in [5.74, 6) is 0.843. The van der Waals surface area contributed by atoms with Crippen LogP contribution in [0.15, 0.2) is 53.9 Å². The Bertz CT molecular complexity index is 785. The summed E-state index contributed by atoms with van der Waals surface area (Å²) in [5, 5.41) is 6.19. The van der Waals surface area contributed by atoms with E-state index in [1.807, 2.05) is 53.9 Å². The SMILES string of the molecule is CCCOc1ccccc1Nc1nc(-c2cccc(N)c2)cs1. The summed E-state index contributed by atoms with van der Waals surface area (Å²) in [5.41, 5.74) is 9.43. The first-order valence-electron chi connectivity index (χ1n) is 7.56. The van der Waals surface area contributed by atoms with E-state index in [2.05, 4.69) is 17.2 Å². The van der Waals surface area contributed by atoms with E-state index in [9.17, 15) is 0 Å². The molecule has 1 heterocycles. The number of ether oxygens (including phenoxy) is 1. The molecule has 118 valence electrons. The Morgan fingerprint density at radius 3 is 2.87 bits per heavy atom. The fourth-order valence-corrected chi connectivity index (χ4v) is 2.92. The summed E-state index contributed by atoms with van der Waals surface area (Å²) in [6.07, 6.45) is 0.977. The van der Waals surface area contributed by atoms with Crippen LogP contribution >= 0.6 is 11.3 Å². The van der Waals surface area contributed by atoms with Gasteiger partial charge in [-0.1, -0.05) is 31.2 Å². The molecule has 1 aromatic heterocycles. The molecule has 0 radical (unpaired) electrons. The van der Waals surface area contributed by atoms with Gasteiger partial charge in [-0.25, -0.2) is 4.98 Å². The quantitative estimate of drug-likeness (QED) is 0.631. The molecule has 23 heavy (non-hydrogen) atoms. The van der Waals surface area contributed by atoms with Crippen LogP contribution in [0.5, 0.6) is 5.75 Å². The zero-order chi connectivity index (χ0) is 16.1. The number of rotatable bonds is 6. The minimum Gasteiger partial charge on any atom is -0.491 e. The highest BCUT2D eigenvalue weighted by atomic mass is 32.1. The molecule has 3 N–H and O–H groups in total. The first-order chi connectivity index (χ1) is 11.3. The third kappa shape index (κ3) is 3.81. The van der Waals surface area contributed by atoms with Gasteiger partial charge in [0.15, 0.2) is 5.13 Å². The Kier molecular flexibility index (Phi) is 4.78. The Morgan fingerprint density at radius 1 is 1.17 bits per heavy atom. The van der Waals surface area contributed by atoms with Crippen LogP contribution in [0.25, 0.3) is 11.3 Å². The topological polar surface area (TPSA) is 60.2 Å². The van der Waals surface area contributed by atoms with Gasteiger partial charge in [-0.15, -0.1) is 11.3 Å². The van der Waals surface area contributed by atoms with Crippen LogP contribution in [-0.4, -0.2) is 11.6 Å². The fraction of sp³-hybridized carbons (Fsp3) is 0.167. The van der Waals surface area contributed by atoms with Crippen LogP contribution in [0.2, 0.25) is 0 Å². The number of nitrogens with two attached hydrogens (primary N) is 1. The van der Waals surface area contributed by atoms with Crippen LogP contribution in [0.3, 0.4) is 0 Å². The Balaban J connectivity index is 1.80. The number of hydrogen-bond donors (Lipinski definition) is 2. The molecule has 0 aliphatic carbocycles. The van der Waals surface area contributed by atoms with E-state index in [4.69, 9.17) is 10.5 Å². The number of aromatic nitrogens is 1. The third-order valence-corrected chi connectivity index (χ3v) is 4.03. The van der Waals surface area contributed by atoms with E-state index >= 15 is 0 Å². The molecule has 0 aliphatic rings. The lowest BCUT2D eigenvalue weighted by molar-refractivity contribution is 0.319. The number of para-hydroxylation sites is 2. The van der Waals surface area contributed by atoms with E-state index in [0.717, 1.165) is 39.9 Å². The molecule has 3 rings (SSSR count). The maximum absolute atomic E-state index is 5.84. The van der Waals surface area contributed by atoms with Crippen LogP contribution < -0.4 is 15.8 Å². The number of benzene rings is 2. The predicted molar refractivity (Wildman–Crippen MR) is 97.5 cm³/mol. The molecule has 0 amide bonds. The Hall–Kier alpha value is -2.53. The second kappa shape index (κ2) is 7.15. The number of hydrogen-bond acceptors (Lipinski definition) is 5. The van der Waals surface area contributed by atoms with Gasteiger partial charge in [-0.2, -0.15) is 0 Å². The van der Waals surface area contributed by atoms with Crippen molar-refractivity contribution in [2.75, 3.05) is 17.7 Å². The number of thiazole rings is 1. The number of nitrogens with one attached hydrogen (secondary N) is 1. The highest BCUT2D eigenvalue weighted by Gasteiger charge is 2.08. The average molecular weight is 325 g/mol. The molecule has 0 saturated heterocycles. The molecule has 0 aliphatic heterocycles. The number of anilines is 3. The molecule has 0 bridgehead atoms. The van der Waals surface area contributed by atoms with Crippen molar-refractivity contribution in [3.8, 4) is 17.0 Å². The van der Waals surface area contributed by atoms with Crippen molar-refractivity contribution in [3.05, 3.63) is 53.9 Å². The van der Waals surface area contributed by atoms with Gasteiger partial charge in [0.2, 0.25) is 0 Å². The smallest absolute Gasteiger partial charge is 0.187 e. The van der Waals surface area contributed by atoms with Crippen LogP contribution in [0, 0.1) is 0 Å². The summed E-state index contributed by atoms with van der Waals surface area (Å²) < 4.78 is 5.76. The molecule has 0 atom stereocenters. The predicted octanol–water partition coefficient (Wildman–Crippen LogP) is 4.92. The monoisotopic (exact) mass is 325 g/mol. The van der Waals surface area contributed by atoms with E-state index < -0.39 is 0 Å². The van der Waals surface area contributed by atoms with Crippen molar-refractivity contribution in [2.45, 2.75) is 13.3 Å². The van der Waals surface area contributed by atoms with Gasteiger partial charge in [-0.3, -0.25) is 0 Å². The minimum atomic E-state index is 0.700. The van der Waals surface area contributed by atoms with Crippen LogP contribution in [-0.2, 0) is 0 Å². The molecule has 2 aromatic carbocycles. The summed E-state index contributed by atoms with van der Waals surface area (Å²) >= 11 is 1.56. The second-order valence-electron chi connectivity index (χ2n) is 5.13. The standard InChI is InChI=1S/C18H19N3OS/c1-2-10-22-17-9-4-3-8-15(17)20-18-21-16(12-23-18)13-6-5-7-14(19)11-13/h3-9,11-12H,2,10,19H2,1H3,(H,20,21). The molecule has 0 fully saturated rings. The molecule has 5 heteroatoms. The van der Waals surface area contributed by atoms with Gasteiger partial charge >= 0.3 is 0 Å². The summed E-state index contributed by atoms with van der Waals surface area (Å²) in [7, 11) is 0. The van der Waals surface area contributed by atoms with Gasteiger partial charge in [0, 0.05) is 16.6 Å². The third-order valence-electron chi connectivity index (χ3n) is 3.28. The normalized spacial score (nSPS) is 10.5.